The molecule has 1 unspecified atom stereocenters. The van der Waals surface area contributed by atoms with Crippen molar-refractivity contribution in [2.24, 2.45) is 7.05 Å². The maximum atomic E-state index is 14.1. The van der Waals surface area contributed by atoms with Gasteiger partial charge in [0, 0.05) is 31.9 Å². The molecule has 0 bridgehead atoms. The highest BCUT2D eigenvalue weighted by molar-refractivity contribution is 5.92. The van der Waals surface area contributed by atoms with Crippen molar-refractivity contribution in [1.29, 1.82) is 0 Å². The normalized spacial score (nSPS) is 19.4. The zero-order valence-corrected chi connectivity index (χ0v) is 15.5. The molecule has 1 fully saturated rings. The fraction of sp³-hybridized carbons (Fsp3) is 0.333. The molecule has 1 aromatic carbocycles. The van der Waals surface area contributed by atoms with Gasteiger partial charge in [0.05, 0.1) is 0 Å². The molecule has 0 saturated carbocycles. The van der Waals surface area contributed by atoms with E-state index in [0.717, 1.165) is 15.5 Å². The summed E-state index contributed by atoms with van der Waals surface area (Å²) in [4.78, 5) is 31.3. The number of benzene rings is 1. The number of alkyl halides is 3. The largest absolute Gasteiger partial charge is 0.405 e. The molecule has 0 aliphatic carbocycles. The summed E-state index contributed by atoms with van der Waals surface area (Å²) in [6.07, 6.45) is -4.07. The number of hydrogen-bond donors (Lipinski definition) is 1. The van der Waals surface area contributed by atoms with Crippen LogP contribution in [0.4, 0.5) is 17.6 Å². The van der Waals surface area contributed by atoms with E-state index >= 15 is 0 Å². The van der Waals surface area contributed by atoms with Crippen LogP contribution in [-0.4, -0.2) is 49.8 Å². The minimum atomic E-state index is -4.79. The fourth-order valence-electron chi connectivity index (χ4n) is 3.44. The number of carbonyl (C=O) groups is 1. The smallest absolute Gasteiger partial charge is 0.338 e. The van der Waals surface area contributed by atoms with E-state index < -0.39 is 47.9 Å². The summed E-state index contributed by atoms with van der Waals surface area (Å²) in [7, 11) is 1.41. The van der Waals surface area contributed by atoms with Crippen molar-refractivity contribution in [3.05, 3.63) is 58.3 Å². The van der Waals surface area contributed by atoms with Gasteiger partial charge in [-0.1, -0.05) is 17.3 Å². The Labute approximate surface area is 166 Å². The lowest BCUT2D eigenvalue weighted by Gasteiger charge is -2.27. The van der Waals surface area contributed by atoms with E-state index in [0.29, 0.717) is 0 Å². The Morgan fingerprint density at radius 3 is 2.73 bits per heavy atom. The first kappa shape index (κ1) is 19.9. The van der Waals surface area contributed by atoms with Gasteiger partial charge in [0.15, 0.2) is 5.41 Å². The van der Waals surface area contributed by atoms with E-state index in [1.54, 1.807) is 0 Å². The van der Waals surface area contributed by atoms with Crippen molar-refractivity contribution in [2.45, 2.75) is 18.0 Å². The average molecular weight is 425 g/mol. The van der Waals surface area contributed by atoms with Crippen molar-refractivity contribution in [2.75, 3.05) is 13.1 Å². The van der Waals surface area contributed by atoms with Crippen LogP contribution in [0.3, 0.4) is 0 Å². The first-order chi connectivity index (χ1) is 14.1. The maximum Gasteiger partial charge on any atom is 0.405 e. The van der Waals surface area contributed by atoms with Gasteiger partial charge in [-0.05, 0) is 18.6 Å². The number of aryl methyl sites for hydroxylation is 1. The second-order valence-corrected chi connectivity index (χ2v) is 7.07. The highest BCUT2D eigenvalue weighted by Gasteiger charge is 2.63. The number of rotatable bonds is 3. The van der Waals surface area contributed by atoms with Gasteiger partial charge < -0.3 is 19.0 Å². The van der Waals surface area contributed by atoms with Gasteiger partial charge in [0.25, 0.3) is 5.91 Å². The molecular formula is C18H15F4N5O3. The second-order valence-electron chi connectivity index (χ2n) is 7.07. The van der Waals surface area contributed by atoms with Crippen molar-refractivity contribution in [3.63, 3.8) is 0 Å². The average Bonchev–Trinajstić information content (AvgIpc) is 3.40. The Bertz CT molecular complexity index is 1170. The fourth-order valence-corrected chi connectivity index (χ4v) is 3.44. The summed E-state index contributed by atoms with van der Waals surface area (Å²) in [5.41, 5.74) is -3.09. The van der Waals surface area contributed by atoms with Crippen LogP contribution in [0.25, 0.3) is 11.4 Å². The predicted molar refractivity (Wildman–Crippen MR) is 94.0 cm³/mol. The number of likely N-dealkylation sites (tertiary alicyclic amines) is 1. The van der Waals surface area contributed by atoms with E-state index in [4.69, 9.17) is 4.52 Å². The highest BCUT2D eigenvalue weighted by atomic mass is 19.4. The lowest BCUT2D eigenvalue weighted by atomic mass is 9.86. The summed E-state index contributed by atoms with van der Waals surface area (Å²) in [5, 5.41) is 3.57. The molecular weight excluding hydrogens is 410 g/mol. The molecule has 1 atom stereocenters. The zero-order valence-electron chi connectivity index (χ0n) is 15.5. The molecule has 8 nitrogen and oxygen atoms in total. The van der Waals surface area contributed by atoms with Crippen molar-refractivity contribution < 1.29 is 26.9 Å². The predicted octanol–water partition coefficient (Wildman–Crippen LogP) is 2.25. The van der Waals surface area contributed by atoms with Crippen LogP contribution < -0.4 is 5.69 Å². The molecule has 1 N–H and O–H groups in total. The number of aromatic nitrogens is 4. The van der Waals surface area contributed by atoms with Crippen LogP contribution in [0.5, 0.6) is 0 Å². The summed E-state index contributed by atoms with van der Waals surface area (Å²) in [6.45, 7) is -0.982. The molecule has 1 aliphatic heterocycles. The highest BCUT2D eigenvalue weighted by Crippen LogP contribution is 2.47. The minimum absolute atomic E-state index is 0.119. The first-order valence-corrected chi connectivity index (χ1v) is 8.82. The number of halogens is 4. The number of aromatic amines is 1. The lowest BCUT2D eigenvalue weighted by molar-refractivity contribution is -0.193. The molecule has 0 radical (unpaired) electrons. The third kappa shape index (κ3) is 3.17. The Kier molecular flexibility index (Phi) is 4.51. The van der Waals surface area contributed by atoms with E-state index in [-0.39, 0.29) is 23.6 Å². The van der Waals surface area contributed by atoms with Crippen molar-refractivity contribution >= 4 is 5.91 Å². The third-order valence-corrected chi connectivity index (χ3v) is 5.13. The number of nitrogens with zero attached hydrogens (tertiary/aromatic N) is 4. The Hall–Kier alpha value is -3.44. The van der Waals surface area contributed by atoms with Crippen LogP contribution in [0.1, 0.15) is 22.8 Å². The van der Waals surface area contributed by atoms with Crippen molar-refractivity contribution in [3.8, 4) is 11.4 Å². The zero-order chi connectivity index (χ0) is 21.7. The van der Waals surface area contributed by atoms with E-state index in [1.165, 1.54) is 31.4 Å². The van der Waals surface area contributed by atoms with Gasteiger partial charge in [0.2, 0.25) is 11.7 Å². The van der Waals surface area contributed by atoms with Crippen LogP contribution in [0.2, 0.25) is 0 Å². The number of hydrogen-bond acceptors (Lipinski definition) is 5. The molecule has 4 rings (SSSR count). The SMILES string of the molecule is Cn1cc(C(=O)N2CCC(c3nc(-c4cccc(F)c4)no3)(C(F)(F)F)C2)[nH]c1=O. The van der Waals surface area contributed by atoms with Crippen LogP contribution in [-0.2, 0) is 12.5 Å². The van der Waals surface area contributed by atoms with Gasteiger partial charge >= 0.3 is 11.9 Å². The molecule has 1 saturated heterocycles. The van der Waals surface area contributed by atoms with E-state index in [9.17, 15) is 27.2 Å². The maximum absolute atomic E-state index is 14.1. The summed E-state index contributed by atoms with van der Waals surface area (Å²) < 4.78 is 61.8. The minimum Gasteiger partial charge on any atom is -0.338 e. The molecule has 1 aliphatic rings. The number of amides is 1. The summed E-state index contributed by atoms with van der Waals surface area (Å²) in [6, 6.07) is 5.06. The summed E-state index contributed by atoms with van der Waals surface area (Å²) >= 11 is 0. The Morgan fingerprint density at radius 2 is 2.10 bits per heavy atom. The molecule has 30 heavy (non-hydrogen) atoms. The molecule has 2 aromatic heterocycles. The second kappa shape index (κ2) is 6.82. The van der Waals surface area contributed by atoms with Gasteiger partial charge in [0.1, 0.15) is 11.5 Å². The van der Waals surface area contributed by atoms with Crippen LogP contribution in [0.15, 0.2) is 39.8 Å². The molecule has 158 valence electrons. The van der Waals surface area contributed by atoms with Gasteiger partial charge in [-0.3, -0.25) is 4.79 Å². The van der Waals surface area contributed by atoms with Crippen LogP contribution in [0, 0.1) is 5.82 Å². The molecule has 3 aromatic rings. The number of H-pyrrole nitrogens is 1. The Morgan fingerprint density at radius 1 is 1.33 bits per heavy atom. The van der Waals surface area contributed by atoms with E-state index in [1.807, 2.05) is 0 Å². The topological polar surface area (TPSA) is 97.0 Å². The van der Waals surface area contributed by atoms with Crippen LogP contribution >= 0.6 is 0 Å². The molecule has 12 heteroatoms. The first-order valence-electron chi connectivity index (χ1n) is 8.82. The monoisotopic (exact) mass is 425 g/mol. The van der Waals surface area contributed by atoms with Gasteiger partial charge in [-0.2, -0.15) is 18.2 Å². The summed E-state index contributed by atoms with van der Waals surface area (Å²) in [5.74, 6) is -2.24. The number of imidazole rings is 1. The number of carbonyl (C=O) groups excluding carboxylic acids is 1. The van der Waals surface area contributed by atoms with Gasteiger partial charge in [-0.25, -0.2) is 9.18 Å². The Balaban J connectivity index is 1.67. The quantitative estimate of drug-likeness (QED) is 0.650. The molecule has 3 heterocycles. The standard InChI is InChI=1S/C18H15F4N5O3/c1-26-8-12(23-16(26)29)14(28)27-6-5-17(9-27,18(20,21)22)15-24-13(25-30-15)10-3-2-4-11(19)7-10/h2-4,7-8H,5-6,9H2,1H3,(H,23,29). The molecule has 0 spiro atoms. The van der Waals surface area contributed by atoms with E-state index in [2.05, 4.69) is 15.1 Å². The third-order valence-electron chi connectivity index (χ3n) is 5.13. The lowest BCUT2D eigenvalue weighted by Crippen LogP contribution is -2.46. The van der Waals surface area contributed by atoms with Gasteiger partial charge in [-0.15, -0.1) is 0 Å². The molecule has 1 amide bonds. The number of nitrogens with one attached hydrogen (secondary N) is 1. The van der Waals surface area contributed by atoms with Crippen molar-refractivity contribution in [1.82, 2.24) is 24.6 Å².